The van der Waals surface area contributed by atoms with Crippen LogP contribution in [0.3, 0.4) is 0 Å². The maximum Gasteiger partial charge on any atom is 0.162 e. The fraction of sp³-hybridized carbons (Fsp3) is 0.176. The Morgan fingerprint density at radius 2 is 1.81 bits per heavy atom. The molecule has 1 aromatic heterocycles. The fourth-order valence-electron chi connectivity index (χ4n) is 2.39. The Kier molecular flexibility index (Phi) is 3.52. The number of rotatable bonds is 2. The van der Waals surface area contributed by atoms with Crippen molar-refractivity contribution in [3.8, 4) is 11.4 Å². The maximum atomic E-state index is 6.09. The molecular weight excluding hydrogens is 282 g/mol. The number of halogens is 1. The number of anilines is 1. The first kappa shape index (κ1) is 13.8. The van der Waals surface area contributed by atoms with Crippen LogP contribution in [-0.2, 0) is 0 Å². The van der Waals surface area contributed by atoms with Crippen molar-refractivity contribution in [3.63, 3.8) is 0 Å². The van der Waals surface area contributed by atoms with Gasteiger partial charge < -0.3 is 5.32 Å². The molecule has 0 saturated heterocycles. The normalized spacial score (nSPS) is 10.9. The van der Waals surface area contributed by atoms with Gasteiger partial charge in [0.25, 0.3) is 0 Å². The molecular formula is C17H16ClN3. The van der Waals surface area contributed by atoms with E-state index >= 15 is 0 Å². The lowest BCUT2D eigenvalue weighted by atomic mass is 10.0. The van der Waals surface area contributed by atoms with Crippen LogP contribution in [-0.4, -0.2) is 17.0 Å². The summed E-state index contributed by atoms with van der Waals surface area (Å²) in [6.45, 7) is 4.14. The SMILES string of the molecule is CNc1nc(-c2cc(C)ccc2C)nc2cc(Cl)ccc12. The third-order valence-electron chi connectivity index (χ3n) is 3.53. The molecule has 0 aliphatic heterocycles. The van der Waals surface area contributed by atoms with Gasteiger partial charge in [0.05, 0.1) is 5.52 Å². The van der Waals surface area contributed by atoms with Crippen molar-refractivity contribution < 1.29 is 0 Å². The van der Waals surface area contributed by atoms with Crippen LogP contribution in [0.4, 0.5) is 5.82 Å². The van der Waals surface area contributed by atoms with Crippen LogP contribution in [0, 0.1) is 13.8 Å². The van der Waals surface area contributed by atoms with Crippen LogP contribution >= 0.6 is 11.6 Å². The standard InChI is InChI=1S/C17H16ClN3/c1-10-4-5-11(2)14(8-10)17-20-15-9-12(18)6-7-13(15)16(19-3)21-17/h4-9H,1-3H3,(H,19,20,21). The summed E-state index contributed by atoms with van der Waals surface area (Å²) in [5, 5.41) is 4.78. The second-order valence-electron chi connectivity index (χ2n) is 5.13. The highest BCUT2D eigenvalue weighted by atomic mass is 35.5. The minimum Gasteiger partial charge on any atom is -0.373 e. The lowest BCUT2D eigenvalue weighted by Crippen LogP contribution is -2.00. The van der Waals surface area contributed by atoms with E-state index < -0.39 is 0 Å². The van der Waals surface area contributed by atoms with Crippen LogP contribution in [0.2, 0.25) is 5.02 Å². The predicted molar refractivity (Wildman–Crippen MR) is 89.0 cm³/mol. The van der Waals surface area contributed by atoms with Gasteiger partial charge in [-0.1, -0.05) is 29.3 Å². The Labute approximate surface area is 129 Å². The smallest absolute Gasteiger partial charge is 0.162 e. The number of nitrogens with one attached hydrogen (secondary N) is 1. The lowest BCUT2D eigenvalue weighted by Gasteiger charge is -2.10. The van der Waals surface area contributed by atoms with Gasteiger partial charge in [-0.25, -0.2) is 9.97 Å². The molecule has 0 spiro atoms. The van der Waals surface area contributed by atoms with Crippen molar-refractivity contribution in [1.82, 2.24) is 9.97 Å². The Morgan fingerprint density at radius 1 is 1.00 bits per heavy atom. The summed E-state index contributed by atoms with van der Waals surface area (Å²) in [6.07, 6.45) is 0. The molecule has 0 aliphatic carbocycles. The first-order chi connectivity index (χ1) is 10.1. The molecule has 1 heterocycles. The molecule has 0 atom stereocenters. The van der Waals surface area contributed by atoms with Gasteiger partial charge in [-0.15, -0.1) is 0 Å². The van der Waals surface area contributed by atoms with Crippen molar-refractivity contribution >= 4 is 28.3 Å². The molecule has 0 amide bonds. The number of hydrogen-bond donors (Lipinski definition) is 1. The highest BCUT2D eigenvalue weighted by Crippen LogP contribution is 2.28. The molecule has 21 heavy (non-hydrogen) atoms. The molecule has 4 heteroatoms. The minimum absolute atomic E-state index is 0.676. The molecule has 0 aliphatic rings. The minimum atomic E-state index is 0.676. The maximum absolute atomic E-state index is 6.09. The van der Waals surface area contributed by atoms with Crippen molar-refractivity contribution in [3.05, 3.63) is 52.5 Å². The van der Waals surface area contributed by atoms with Gasteiger partial charge in [-0.05, 0) is 43.7 Å². The van der Waals surface area contributed by atoms with Crippen LogP contribution < -0.4 is 5.32 Å². The quantitative estimate of drug-likeness (QED) is 0.750. The Morgan fingerprint density at radius 3 is 2.57 bits per heavy atom. The van der Waals surface area contributed by atoms with Crippen molar-refractivity contribution in [1.29, 1.82) is 0 Å². The van der Waals surface area contributed by atoms with E-state index in [-0.39, 0.29) is 0 Å². The molecule has 106 valence electrons. The van der Waals surface area contributed by atoms with Gasteiger partial charge in [-0.3, -0.25) is 0 Å². The van der Waals surface area contributed by atoms with Crippen molar-refractivity contribution in [2.24, 2.45) is 0 Å². The summed E-state index contributed by atoms with van der Waals surface area (Å²) < 4.78 is 0. The molecule has 0 fully saturated rings. The van der Waals surface area contributed by atoms with E-state index in [1.54, 1.807) is 0 Å². The summed E-state index contributed by atoms with van der Waals surface area (Å²) in [4.78, 5) is 9.34. The zero-order valence-electron chi connectivity index (χ0n) is 12.2. The molecule has 0 bridgehead atoms. The van der Waals surface area contributed by atoms with Crippen LogP contribution in [0.15, 0.2) is 36.4 Å². The second kappa shape index (κ2) is 5.34. The zero-order chi connectivity index (χ0) is 15.0. The molecule has 3 nitrogen and oxygen atoms in total. The second-order valence-corrected chi connectivity index (χ2v) is 5.56. The highest BCUT2D eigenvalue weighted by Gasteiger charge is 2.11. The van der Waals surface area contributed by atoms with Gasteiger partial charge in [0.2, 0.25) is 0 Å². The van der Waals surface area contributed by atoms with Gasteiger partial charge in [0.15, 0.2) is 5.82 Å². The number of aromatic nitrogens is 2. The first-order valence-corrected chi connectivity index (χ1v) is 7.19. The number of aryl methyl sites for hydroxylation is 2. The molecule has 0 radical (unpaired) electrons. The Bertz CT molecular complexity index is 828. The summed E-state index contributed by atoms with van der Waals surface area (Å²) >= 11 is 6.09. The van der Waals surface area contributed by atoms with Gasteiger partial charge in [0, 0.05) is 23.0 Å². The lowest BCUT2D eigenvalue weighted by molar-refractivity contribution is 1.20. The number of fused-ring (bicyclic) bond motifs is 1. The summed E-state index contributed by atoms with van der Waals surface area (Å²) in [7, 11) is 1.86. The van der Waals surface area contributed by atoms with Crippen molar-refractivity contribution in [2.45, 2.75) is 13.8 Å². The Balaban J connectivity index is 2.30. The number of nitrogens with zero attached hydrogens (tertiary/aromatic N) is 2. The molecule has 2 aromatic carbocycles. The summed E-state index contributed by atoms with van der Waals surface area (Å²) in [6, 6.07) is 12.0. The average molecular weight is 298 g/mol. The molecule has 3 aromatic rings. The predicted octanol–water partition coefficient (Wildman–Crippen LogP) is 4.61. The van der Waals surface area contributed by atoms with Crippen LogP contribution in [0.25, 0.3) is 22.3 Å². The fourth-order valence-corrected chi connectivity index (χ4v) is 2.56. The first-order valence-electron chi connectivity index (χ1n) is 6.81. The van der Waals surface area contributed by atoms with Gasteiger partial charge >= 0.3 is 0 Å². The third-order valence-corrected chi connectivity index (χ3v) is 3.76. The largest absolute Gasteiger partial charge is 0.373 e. The van der Waals surface area contributed by atoms with E-state index in [0.717, 1.165) is 33.7 Å². The van der Waals surface area contributed by atoms with Gasteiger partial charge in [-0.2, -0.15) is 0 Å². The number of benzene rings is 2. The molecule has 0 unspecified atom stereocenters. The van der Waals surface area contributed by atoms with Gasteiger partial charge in [0.1, 0.15) is 5.82 Å². The molecule has 0 saturated carbocycles. The van der Waals surface area contributed by atoms with E-state index in [0.29, 0.717) is 5.02 Å². The van der Waals surface area contributed by atoms with Crippen LogP contribution in [0.5, 0.6) is 0 Å². The topological polar surface area (TPSA) is 37.8 Å². The van der Waals surface area contributed by atoms with E-state index in [9.17, 15) is 0 Å². The van der Waals surface area contributed by atoms with Crippen LogP contribution in [0.1, 0.15) is 11.1 Å². The average Bonchev–Trinajstić information content (AvgIpc) is 2.48. The van der Waals surface area contributed by atoms with E-state index in [2.05, 4.69) is 47.3 Å². The van der Waals surface area contributed by atoms with E-state index in [1.807, 2.05) is 25.2 Å². The van der Waals surface area contributed by atoms with Crippen molar-refractivity contribution in [2.75, 3.05) is 12.4 Å². The van der Waals surface area contributed by atoms with E-state index in [4.69, 9.17) is 11.6 Å². The Hall–Kier alpha value is -2.13. The summed E-state index contributed by atoms with van der Waals surface area (Å²) in [5.41, 5.74) is 4.24. The molecule has 1 N–H and O–H groups in total. The zero-order valence-corrected chi connectivity index (χ0v) is 13.0. The number of hydrogen-bond acceptors (Lipinski definition) is 3. The summed E-state index contributed by atoms with van der Waals surface area (Å²) in [5.74, 6) is 1.53. The highest BCUT2D eigenvalue weighted by molar-refractivity contribution is 6.31. The molecule has 3 rings (SSSR count). The third kappa shape index (κ3) is 2.57. The monoisotopic (exact) mass is 297 g/mol. The van der Waals surface area contributed by atoms with E-state index in [1.165, 1.54) is 5.56 Å².